The Hall–Kier alpha value is -1.77. The Labute approximate surface area is 107 Å². The molecule has 1 fully saturated rings. The van der Waals surface area contributed by atoms with E-state index in [1.807, 2.05) is 24.3 Å². The van der Waals surface area contributed by atoms with Gasteiger partial charge in [0.2, 0.25) is 0 Å². The number of hydrogen-bond donors (Lipinski definition) is 1. The quantitative estimate of drug-likeness (QED) is 0.832. The Morgan fingerprint density at radius 1 is 1.33 bits per heavy atom. The van der Waals surface area contributed by atoms with Crippen molar-refractivity contribution in [3.63, 3.8) is 0 Å². The lowest BCUT2D eigenvalue weighted by Crippen LogP contribution is -2.10. The number of carboxylic acids is 1. The van der Waals surface area contributed by atoms with E-state index in [-0.39, 0.29) is 5.92 Å². The van der Waals surface area contributed by atoms with Gasteiger partial charge < -0.3 is 9.84 Å². The van der Waals surface area contributed by atoms with Crippen LogP contribution in [0.1, 0.15) is 37.2 Å². The van der Waals surface area contributed by atoms with Crippen LogP contribution in [0.25, 0.3) is 0 Å². The third kappa shape index (κ3) is 2.92. The van der Waals surface area contributed by atoms with E-state index in [1.54, 1.807) is 7.11 Å². The fraction of sp³-hybridized carbons (Fsp3) is 0.400. The summed E-state index contributed by atoms with van der Waals surface area (Å²) in [6.07, 6.45) is 5.56. The third-order valence-corrected chi connectivity index (χ3v) is 3.48. The number of hydrogen-bond acceptors (Lipinski definition) is 2. The second kappa shape index (κ2) is 5.71. The fourth-order valence-electron chi connectivity index (χ4n) is 2.59. The minimum atomic E-state index is -0.842. The predicted molar refractivity (Wildman–Crippen MR) is 69.9 cm³/mol. The van der Waals surface area contributed by atoms with Gasteiger partial charge >= 0.3 is 5.97 Å². The minimum absolute atomic E-state index is 0.251. The van der Waals surface area contributed by atoms with E-state index in [2.05, 4.69) is 0 Å². The first kappa shape index (κ1) is 12.7. The maximum Gasteiger partial charge on any atom is 0.328 e. The summed E-state index contributed by atoms with van der Waals surface area (Å²) in [5.74, 6) is 0.240. The Kier molecular flexibility index (Phi) is 4.03. The van der Waals surface area contributed by atoms with Crippen LogP contribution >= 0.6 is 0 Å². The number of allylic oxidation sites excluding steroid dienone is 1. The smallest absolute Gasteiger partial charge is 0.328 e. The number of benzene rings is 1. The lowest BCUT2D eigenvalue weighted by molar-refractivity contribution is -0.131. The van der Waals surface area contributed by atoms with Crippen molar-refractivity contribution in [1.29, 1.82) is 0 Å². The Bertz CT molecular complexity index is 445. The molecule has 18 heavy (non-hydrogen) atoms. The molecule has 0 bridgehead atoms. The molecule has 0 radical (unpaired) electrons. The molecule has 1 aliphatic rings. The summed E-state index contributed by atoms with van der Waals surface area (Å²) in [5, 5.41) is 8.92. The van der Waals surface area contributed by atoms with Crippen LogP contribution in [-0.4, -0.2) is 18.2 Å². The molecule has 3 nitrogen and oxygen atoms in total. The van der Waals surface area contributed by atoms with Gasteiger partial charge in [-0.3, -0.25) is 0 Å². The standard InChI is InChI=1S/C15H18O3/c1-18-13-8-6-11(7-9-13)14-5-3-2-4-12(14)10-15(16)17/h6-10,14H,2-5H2,1H3,(H,16,17)/b12-10+. The molecule has 1 unspecified atom stereocenters. The Morgan fingerprint density at radius 3 is 2.67 bits per heavy atom. The van der Waals surface area contributed by atoms with Crippen molar-refractivity contribution in [2.75, 3.05) is 7.11 Å². The van der Waals surface area contributed by atoms with Crippen molar-refractivity contribution in [2.24, 2.45) is 0 Å². The van der Waals surface area contributed by atoms with Gasteiger partial charge in [0.05, 0.1) is 7.11 Å². The average molecular weight is 246 g/mol. The van der Waals surface area contributed by atoms with E-state index in [9.17, 15) is 4.79 Å². The summed E-state index contributed by atoms with van der Waals surface area (Å²) >= 11 is 0. The topological polar surface area (TPSA) is 46.5 Å². The van der Waals surface area contributed by atoms with Gasteiger partial charge in [-0.15, -0.1) is 0 Å². The van der Waals surface area contributed by atoms with Gasteiger partial charge in [0.15, 0.2) is 0 Å². The van der Waals surface area contributed by atoms with Crippen LogP contribution in [0, 0.1) is 0 Å². The van der Waals surface area contributed by atoms with Crippen LogP contribution in [0.2, 0.25) is 0 Å². The Balaban J connectivity index is 2.25. The first-order valence-corrected chi connectivity index (χ1v) is 6.28. The molecule has 0 heterocycles. The fourth-order valence-corrected chi connectivity index (χ4v) is 2.59. The summed E-state index contributed by atoms with van der Waals surface area (Å²) in [5.41, 5.74) is 2.22. The molecule has 1 aromatic rings. The highest BCUT2D eigenvalue weighted by Crippen LogP contribution is 2.37. The summed E-state index contributed by atoms with van der Waals surface area (Å²) in [4.78, 5) is 10.8. The molecule has 2 rings (SSSR count). The van der Waals surface area contributed by atoms with E-state index in [0.29, 0.717) is 0 Å². The van der Waals surface area contributed by atoms with Gasteiger partial charge in [-0.25, -0.2) is 4.79 Å². The van der Waals surface area contributed by atoms with Crippen LogP contribution in [0.4, 0.5) is 0 Å². The van der Waals surface area contributed by atoms with Gasteiger partial charge in [-0.2, -0.15) is 0 Å². The van der Waals surface area contributed by atoms with Crippen molar-refractivity contribution >= 4 is 5.97 Å². The first-order valence-electron chi connectivity index (χ1n) is 6.28. The van der Waals surface area contributed by atoms with Gasteiger partial charge in [0, 0.05) is 12.0 Å². The molecule has 0 amide bonds. The highest BCUT2D eigenvalue weighted by atomic mass is 16.5. The largest absolute Gasteiger partial charge is 0.497 e. The molecule has 1 aromatic carbocycles. The Morgan fingerprint density at radius 2 is 2.06 bits per heavy atom. The molecule has 96 valence electrons. The van der Waals surface area contributed by atoms with Crippen molar-refractivity contribution in [3.8, 4) is 5.75 Å². The number of methoxy groups -OCH3 is 1. The molecule has 1 saturated carbocycles. The van der Waals surface area contributed by atoms with E-state index >= 15 is 0 Å². The summed E-state index contributed by atoms with van der Waals surface area (Å²) in [7, 11) is 1.64. The normalized spacial score (nSPS) is 21.8. The second-order valence-corrected chi connectivity index (χ2v) is 4.63. The number of rotatable bonds is 3. The molecule has 3 heteroatoms. The molecule has 0 aliphatic heterocycles. The highest BCUT2D eigenvalue weighted by Gasteiger charge is 2.21. The lowest BCUT2D eigenvalue weighted by atomic mass is 9.79. The van der Waals surface area contributed by atoms with Crippen LogP contribution in [0.3, 0.4) is 0 Å². The van der Waals surface area contributed by atoms with E-state index in [0.717, 1.165) is 37.0 Å². The van der Waals surface area contributed by atoms with E-state index < -0.39 is 5.97 Å². The third-order valence-electron chi connectivity index (χ3n) is 3.48. The molecule has 1 N–H and O–H groups in total. The zero-order chi connectivity index (χ0) is 13.0. The van der Waals surface area contributed by atoms with Gasteiger partial charge in [-0.1, -0.05) is 24.1 Å². The summed E-state index contributed by atoms with van der Waals surface area (Å²) < 4.78 is 5.14. The number of carboxylic acid groups (broad SMARTS) is 1. The van der Waals surface area contributed by atoms with Crippen LogP contribution in [0.5, 0.6) is 5.75 Å². The van der Waals surface area contributed by atoms with Crippen LogP contribution in [0.15, 0.2) is 35.9 Å². The van der Waals surface area contributed by atoms with Gasteiger partial charge in [0.1, 0.15) is 5.75 Å². The van der Waals surface area contributed by atoms with Gasteiger partial charge in [0.25, 0.3) is 0 Å². The summed E-state index contributed by atoms with van der Waals surface area (Å²) in [6.45, 7) is 0. The van der Waals surface area contributed by atoms with Crippen LogP contribution in [-0.2, 0) is 4.79 Å². The molecule has 0 aromatic heterocycles. The second-order valence-electron chi connectivity index (χ2n) is 4.63. The molecule has 0 spiro atoms. The number of carbonyl (C=O) groups is 1. The SMILES string of the molecule is COc1ccc(C2CCCC/C2=C\C(=O)O)cc1. The molecule has 1 aliphatic carbocycles. The van der Waals surface area contributed by atoms with Crippen molar-refractivity contribution in [3.05, 3.63) is 41.5 Å². The van der Waals surface area contributed by atoms with Crippen LogP contribution < -0.4 is 4.74 Å². The average Bonchev–Trinajstić information content (AvgIpc) is 2.39. The summed E-state index contributed by atoms with van der Waals surface area (Å²) in [6, 6.07) is 7.93. The number of ether oxygens (including phenoxy) is 1. The molecular weight excluding hydrogens is 228 g/mol. The molecule has 0 saturated heterocycles. The molecular formula is C15H18O3. The molecule has 1 atom stereocenters. The first-order chi connectivity index (χ1) is 8.70. The minimum Gasteiger partial charge on any atom is -0.497 e. The van der Waals surface area contributed by atoms with Crippen molar-refractivity contribution in [1.82, 2.24) is 0 Å². The van der Waals surface area contributed by atoms with Gasteiger partial charge in [-0.05, 0) is 37.0 Å². The number of aliphatic carboxylic acids is 1. The van der Waals surface area contributed by atoms with E-state index in [1.165, 1.54) is 11.6 Å². The monoisotopic (exact) mass is 246 g/mol. The van der Waals surface area contributed by atoms with Crippen molar-refractivity contribution in [2.45, 2.75) is 31.6 Å². The van der Waals surface area contributed by atoms with E-state index in [4.69, 9.17) is 9.84 Å². The lowest BCUT2D eigenvalue weighted by Gasteiger charge is -2.25. The zero-order valence-electron chi connectivity index (χ0n) is 10.6. The zero-order valence-corrected chi connectivity index (χ0v) is 10.6. The maximum atomic E-state index is 10.8. The highest BCUT2D eigenvalue weighted by molar-refractivity contribution is 5.81. The maximum absolute atomic E-state index is 10.8. The predicted octanol–water partition coefficient (Wildman–Crippen LogP) is 3.36. The van der Waals surface area contributed by atoms with Crippen molar-refractivity contribution < 1.29 is 14.6 Å².